The Bertz CT molecular complexity index is 470. The number of sulfonamides is 1. The van der Waals surface area contributed by atoms with Crippen LogP contribution in [0.1, 0.15) is 26.7 Å². The van der Waals surface area contributed by atoms with Gasteiger partial charge in [-0.1, -0.05) is 0 Å². The lowest BCUT2D eigenvalue weighted by atomic mass is 10.3. The molecular weight excluding hydrogens is 308 g/mol. The third-order valence-electron chi connectivity index (χ3n) is 4.04. The number of rotatable bonds is 8. The van der Waals surface area contributed by atoms with Crippen molar-refractivity contribution in [2.45, 2.75) is 38.0 Å². The minimum absolute atomic E-state index is 0.139. The Kier molecular flexibility index (Phi) is 6.19. The van der Waals surface area contributed by atoms with Crippen molar-refractivity contribution >= 4 is 16.0 Å². The average molecular weight is 334 g/mol. The Balaban J connectivity index is 1.64. The molecule has 1 saturated carbocycles. The van der Waals surface area contributed by atoms with Crippen molar-refractivity contribution in [1.82, 2.24) is 9.21 Å². The fourth-order valence-electron chi connectivity index (χ4n) is 2.50. The molecule has 1 aliphatic heterocycles. The molecule has 0 spiro atoms. The van der Waals surface area contributed by atoms with E-state index in [-0.39, 0.29) is 11.2 Å². The van der Waals surface area contributed by atoms with Gasteiger partial charge in [-0.3, -0.25) is 4.90 Å². The summed E-state index contributed by atoms with van der Waals surface area (Å²) >= 11 is 0. The van der Waals surface area contributed by atoms with Crippen molar-refractivity contribution in [2.75, 3.05) is 45.9 Å². The largest absolute Gasteiger partial charge is 0.462 e. The zero-order valence-electron chi connectivity index (χ0n) is 13.4. The summed E-state index contributed by atoms with van der Waals surface area (Å²) in [5.74, 6) is -0.350. The highest BCUT2D eigenvalue weighted by atomic mass is 32.2. The third kappa shape index (κ3) is 4.65. The minimum Gasteiger partial charge on any atom is -0.462 e. The maximum absolute atomic E-state index is 12.1. The Morgan fingerprint density at radius 3 is 2.41 bits per heavy atom. The van der Waals surface area contributed by atoms with Gasteiger partial charge in [-0.05, 0) is 26.7 Å². The van der Waals surface area contributed by atoms with Gasteiger partial charge in [0.25, 0.3) is 0 Å². The predicted molar refractivity (Wildman–Crippen MR) is 82.0 cm³/mol. The Morgan fingerprint density at radius 2 is 1.86 bits per heavy atom. The predicted octanol–water partition coefficient (Wildman–Crippen LogP) is 0.0644. The van der Waals surface area contributed by atoms with E-state index in [4.69, 9.17) is 9.47 Å². The smallest absolute Gasteiger partial charge is 0.334 e. The van der Waals surface area contributed by atoms with E-state index < -0.39 is 16.1 Å². The number of ether oxygens (including phenoxy) is 2. The summed E-state index contributed by atoms with van der Waals surface area (Å²) in [7, 11) is -3.06. The van der Waals surface area contributed by atoms with Crippen molar-refractivity contribution in [3.63, 3.8) is 0 Å². The number of hydrogen-bond acceptors (Lipinski definition) is 6. The lowest BCUT2D eigenvalue weighted by Gasteiger charge is -2.33. The quantitative estimate of drug-likeness (QED) is 0.585. The summed E-state index contributed by atoms with van der Waals surface area (Å²) < 4.78 is 36.2. The fraction of sp³-hybridized carbons (Fsp3) is 0.929. The van der Waals surface area contributed by atoms with Crippen molar-refractivity contribution in [3.8, 4) is 0 Å². The van der Waals surface area contributed by atoms with Crippen LogP contribution in [0.4, 0.5) is 0 Å². The van der Waals surface area contributed by atoms with Gasteiger partial charge in [0.05, 0.1) is 5.25 Å². The molecule has 1 aliphatic carbocycles. The van der Waals surface area contributed by atoms with Gasteiger partial charge in [-0.25, -0.2) is 13.2 Å². The molecule has 1 saturated heterocycles. The zero-order chi connectivity index (χ0) is 16.2. The summed E-state index contributed by atoms with van der Waals surface area (Å²) in [5.41, 5.74) is 0. The van der Waals surface area contributed by atoms with Crippen LogP contribution >= 0.6 is 0 Å². The van der Waals surface area contributed by atoms with Gasteiger partial charge in [0.1, 0.15) is 6.61 Å². The molecule has 1 heterocycles. The number of esters is 1. The van der Waals surface area contributed by atoms with E-state index in [1.807, 2.05) is 6.92 Å². The Labute approximate surface area is 132 Å². The molecule has 1 unspecified atom stereocenters. The Morgan fingerprint density at radius 1 is 1.23 bits per heavy atom. The van der Waals surface area contributed by atoms with Crippen LogP contribution in [0.5, 0.6) is 0 Å². The van der Waals surface area contributed by atoms with E-state index in [0.717, 1.165) is 12.8 Å². The van der Waals surface area contributed by atoms with Crippen LogP contribution < -0.4 is 0 Å². The van der Waals surface area contributed by atoms with Gasteiger partial charge in [0, 0.05) is 39.3 Å². The number of hydrogen-bond donors (Lipinski definition) is 0. The highest BCUT2D eigenvalue weighted by molar-refractivity contribution is 7.90. The molecule has 0 aromatic carbocycles. The molecule has 2 aliphatic rings. The molecule has 0 amide bonds. The standard InChI is InChI=1S/C14H26N2O5S/c1-3-20-12(2)14(17)21-11-10-15-6-8-16(9-7-15)22(18,19)13-4-5-13/h12-13H,3-11H2,1-2H3. The monoisotopic (exact) mass is 334 g/mol. The van der Waals surface area contributed by atoms with Crippen molar-refractivity contribution in [3.05, 3.63) is 0 Å². The topological polar surface area (TPSA) is 76.2 Å². The summed E-state index contributed by atoms with van der Waals surface area (Å²) in [6.07, 6.45) is 1.07. The number of carbonyl (C=O) groups excluding carboxylic acids is 1. The van der Waals surface area contributed by atoms with Crippen LogP contribution in [0.3, 0.4) is 0 Å². The summed E-state index contributed by atoms with van der Waals surface area (Å²) in [4.78, 5) is 13.7. The first-order valence-electron chi connectivity index (χ1n) is 7.94. The van der Waals surface area contributed by atoms with Crippen LogP contribution in [0, 0.1) is 0 Å². The molecule has 22 heavy (non-hydrogen) atoms. The molecule has 2 fully saturated rings. The second kappa shape index (κ2) is 7.72. The van der Waals surface area contributed by atoms with Crippen molar-refractivity contribution in [1.29, 1.82) is 0 Å². The van der Waals surface area contributed by atoms with E-state index in [9.17, 15) is 13.2 Å². The first-order valence-corrected chi connectivity index (χ1v) is 9.45. The third-order valence-corrected chi connectivity index (χ3v) is 6.44. The van der Waals surface area contributed by atoms with Crippen LogP contribution in [0.2, 0.25) is 0 Å². The van der Waals surface area contributed by atoms with Gasteiger partial charge < -0.3 is 9.47 Å². The zero-order valence-corrected chi connectivity index (χ0v) is 14.2. The number of nitrogens with zero attached hydrogens (tertiary/aromatic N) is 2. The van der Waals surface area contributed by atoms with Gasteiger partial charge in [0.15, 0.2) is 6.10 Å². The maximum atomic E-state index is 12.1. The summed E-state index contributed by atoms with van der Waals surface area (Å²) in [5, 5.41) is -0.139. The van der Waals surface area contributed by atoms with Gasteiger partial charge in [-0.15, -0.1) is 0 Å². The molecule has 0 aromatic heterocycles. The highest BCUT2D eigenvalue weighted by Crippen LogP contribution is 2.31. The summed E-state index contributed by atoms with van der Waals surface area (Å²) in [6, 6.07) is 0. The molecule has 1 atom stereocenters. The molecule has 128 valence electrons. The SMILES string of the molecule is CCOC(C)C(=O)OCCN1CCN(S(=O)(=O)C2CC2)CC1. The lowest BCUT2D eigenvalue weighted by molar-refractivity contribution is -0.156. The summed E-state index contributed by atoms with van der Waals surface area (Å²) in [6.45, 7) is 7.35. The average Bonchev–Trinajstić information content (AvgIpc) is 3.33. The molecule has 8 heteroatoms. The van der Waals surface area contributed by atoms with Crippen LogP contribution in [0.15, 0.2) is 0 Å². The van der Waals surface area contributed by atoms with Crippen molar-refractivity contribution < 1.29 is 22.7 Å². The van der Waals surface area contributed by atoms with Gasteiger partial charge >= 0.3 is 5.97 Å². The molecule has 0 radical (unpaired) electrons. The van der Waals surface area contributed by atoms with E-state index >= 15 is 0 Å². The van der Waals surface area contributed by atoms with Crippen LogP contribution in [0.25, 0.3) is 0 Å². The second-order valence-electron chi connectivity index (χ2n) is 5.75. The van der Waals surface area contributed by atoms with Gasteiger partial charge in [-0.2, -0.15) is 4.31 Å². The number of piperazine rings is 1. The molecule has 0 aromatic rings. The molecule has 2 rings (SSSR count). The molecular formula is C14H26N2O5S. The van der Waals surface area contributed by atoms with E-state index in [1.165, 1.54) is 0 Å². The van der Waals surface area contributed by atoms with Gasteiger partial charge in [0.2, 0.25) is 10.0 Å². The number of carbonyl (C=O) groups is 1. The lowest BCUT2D eigenvalue weighted by Crippen LogP contribution is -2.50. The molecule has 0 bridgehead atoms. The first-order chi connectivity index (χ1) is 10.4. The van der Waals surface area contributed by atoms with Crippen molar-refractivity contribution in [2.24, 2.45) is 0 Å². The van der Waals surface area contributed by atoms with E-state index in [2.05, 4.69) is 4.90 Å². The van der Waals surface area contributed by atoms with E-state index in [1.54, 1.807) is 11.2 Å². The molecule has 7 nitrogen and oxygen atoms in total. The van der Waals surface area contributed by atoms with Crippen LogP contribution in [-0.4, -0.2) is 80.9 Å². The minimum atomic E-state index is -3.06. The second-order valence-corrected chi connectivity index (χ2v) is 7.96. The molecule has 0 N–H and O–H groups in total. The van der Waals surface area contributed by atoms with E-state index in [0.29, 0.717) is 45.9 Å². The maximum Gasteiger partial charge on any atom is 0.334 e. The highest BCUT2D eigenvalue weighted by Gasteiger charge is 2.40. The first kappa shape index (κ1) is 17.7. The normalized spacial score (nSPS) is 22.5. The fourth-order valence-corrected chi connectivity index (χ4v) is 4.32. The Hall–Kier alpha value is -0.700. The van der Waals surface area contributed by atoms with Crippen LogP contribution in [-0.2, 0) is 24.3 Å².